The molecule has 0 bridgehead atoms. The molecule has 0 aromatic heterocycles. The molecule has 2 N–H and O–H groups in total. The van der Waals surface area contributed by atoms with E-state index >= 15 is 0 Å². The third kappa shape index (κ3) is 6.39. The molecule has 1 fully saturated rings. The predicted molar refractivity (Wildman–Crippen MR) is 74.3 cm³/mol. The van der Waals surface area contributed by atoms with Crippen molar-refractivity contribution in [2.45, 2.75) is 83.1 Å². The summed E-state index contributed by atoms with van der Waals surface area (Å²) in [6.07, 6.45) is 12.0. The first-order chi connectivity index (χ1) is 8.66. The van der Waals surface area contributed by atoms with Gasteiger partial charge in [0, 0.05) is 5.54 Å². The van der Waals surface area contributed by atoms with Crippen LogP contribution in [0.1, 0.15) is 77.6 Å². The van der Waals surface area contributed by atoms with E-state index < -0.39 is 0 Å². The van der Waals surface area contributed by atoms with E-state index in [1.807, 2.05) is 0 Å². The van der Waals surface area contributed by atoms with E-state index in [4.69, 9.17) is 10.5 Å². The number of esters is 1. The molecule has 0 amide bonds. The number of ether oxygens (including phenoxy) is 1. The number of nitrogens with two attached hydrogens (primary N) is 1. The van der Waals surface area contributed by atoms with Crippen LogP contribution in [0.25, 0.3) is 0 Å². The second-order valence-electron chi connectivity index (χ2n) is 5.73. The largest absolute Gasteiger partial charge is 0.466 e. The SMILES string of the molecule is CCCCCCCCOC(=O)CC1(N)CCCC1. The number of unbranched alkanes of at least 4 members (excludes halogenated alkanes) is 5. The Hall–Kier alpha value is -0.570. The minimum absolute atomic E-state index is 0.104. The van der Waals surface area contributed by atoms with E-state index in [0.717, 1.165) is 32.1 Å². The highest BCUT2D eigenvalue weighted by Crippen LogP contribution is 2.30. The van der Waals surface area contributed by atoms with Crippen LogP contribution in [0.4, 0.5) is 0 Å². The summed E-state index contributed by atoms with van der Waals surface area (Å²) in [7, 11) is 0. The van der Waals surface area contributed by atoms with Gasteiger partial charge in [-0.05, 0) is 19.3 Å². The fraction of sp³-hybridized carbons (Fsp3) is 0.933. The van der Waals surface area contributed by atoms with Gasteiger partial charge >= 0.3 is 5.97 Å². The molecule has 0 unspecified atom stereocenters. The summed E-state index contributed by atoms with van der Waals surface area (Å²) in [5.74, 6) is -0.104. The van der Waals surface area contributed by atoms with Crippen molar-refractivity contribution in [3.8, 4) is 0 Å². The topological polar surface area (TPSA) is 52.3 Å². The smallest absolute Gasteiger partial charge is 0.307 e. The third-order valence-electron chi connectivity index (χ3n) is 3.86. The molecule has 0 atom stereocenters. The molecule has 0 saturated heterocycles. The summed E-state index contributed by atoms with van der Waals surface area (Å²) in [5, 5.41) is 0. The van der Waals surface area contributed by atoms with E-state index in [9.17, 15) is 4.79 Å². The fourth-order valence-corrected chi connectivity index (χ4v) is 2.66. The van der Waals surface area contributed by atoms with E-state index in [1.54, 1.807) is 0 Å². The van der Waals surface area contributed by atoms with Gasteiger partial charge in [0.05, 0.1) is 13.0 Å². The lowest BCUT2D eigenvalue weighted by atomic mass is 9.95. The van der Waals surface area contributed by atoms with Crippen molar-refractivity contribution in [2.24, 2.45) is 5.73 Å². The van der Waals surface area contributed by atoms with Gasteiger partial charge < -0.3 is 10.5 Å². The first-order valence-corrected chi connectivity index (χ1v) is 7.61. The van der Waals surface area contributed by atoms with Crippen LogP contribution in [0.2, 0.25) is 0 Å². The zero-order valence-electron chi connectivity index (χ0n) is 11.9. The van der Waals surface area contributed by atoms with Crippen molar-refractivity contribution in [2.75, 3.05) is 6.61 Å². The van der Waals surface area contributed by atoms with Crippen molar-refractivity contribution in [1.29, 1.82) is 0 Å². The second kappa shape index (κ2) is 8.52. The molecule has 0 spiro atoms. The second-order valence-corrected chi connectivity index (χ2v) is 5.73. The van der Waals surface area contributed by atoms with E-state index in [1.165, 1.54) is 32.1 Å². The Morgan fingerprint density at radius 1 is 1.11 bits per heavy atom. The predicted octanol–water partition coefficient (Wildman–Crippen LogP) is 3.55. The lowest BCUT2D eigenvalue weighted by Gasteiger charge is -2.21. The lowest BCUT2D eigenvalue weighted by molar-refractivity contribution is -0.145. The molecule has 3 nitrogen and oxygen atoms in total. The summed E-state index contributed by atoms with van der Waals surface area (Å²) < 4.78 is 5.26. The zero-order valence-corrected chi connectivity index (χ0v) is 11.9. The van der Waals surface area contributed by atoms with Crippen LogP contribution in [-0.2, 0) is 9.53 Å². The van der Waals surface area contributed by atoms with Gasteiger partial charge in [-0.25, -0.2) is 0 Å². The molecule has 3 heteroatoms. The van der Waals surface area contributed by atoms with Crippen LogP contribution in [0.15, 0.2) is 0 Å². The number of carbonyl (C=O) groups excluding carboxylic acids is 1. The van der Waals surface area contributed by atoms with E-state index in [2.05, 4.69) is 6.92 Å². The van der Waals surface area contributed by atoms with E-state index in [0.29, 0.717) is 13.0 Å². The molecular weight excluding hydrogens is 226 g/mol. The molecule has 1 aliphatic rings. The molecule has 1 rings (SSSR count). The molecule has 18 heavy (non-hydrogen) atoms. The normalized spacial score (nSPS) is 17.9. The first kappa shape index (κ1) is 15.5. The fourth-order valence-electron chi connectivity index (χ4n) is 2.66. The molecule has 0 radical (unpaired) electrons. The summed E-state index contributed by atoms with van der Waals surface area (Å²) in [4.78, 5) is 11.6. The van der Waals surface area contributed by atoms with Crippen molar-refractivity contribution >= 4 is 5.97 Å². The Labute approximate surface area is 111 Å². The molecule has 1 saturated carbocycles. The monoisotopic (exact) mass is 255 g/mol. The Bertz CT molecular complexity index is 235. The van der Waals surface area contributed by atoms with Crippen LogP contribution in [0.3, 0.4) is 0 Å². The van der Waals surface area contributed by atoms with Crippen LogP contribution < -0.4 is 5.73 Å². The molecule has 106 valence electrons. The van der Waals surface area contributed by atoms with Gasteiger partial charge in [0.1, 0.15) is 0 Å². The first-order valence-electron chi connectivity index (χ1n) is 7.61. The van der Waals surface area contributed by atoms with Crippen molar-refractivity contribution in [1.82, 2.24) is 0 Å². The average molecular weight is 255 g/mol. The number of hydrogen-bond donors (Lipinski definition) is 1. The van der Waals surface area contributed by atoms with Crippen LogP contribution >= 0.6 is 0 Å². The lowest BCUT2D eigenvalue weighted by Crippen LogP contribution is -2.39. The van der Waals surface area contributed by atoms with Gasteiger partial charge in [-0.2, -0.15) is 0 Å². The Kier molecular flexibility index (Phi) is 7.33. The summed E-state index contributed by atoms with van der Waals surface area (Å²) in [6, 6.07) is 0. The molecule has 1 aliphatic carbocycles. The van der Waals surface area contributed by atoms with Gasteiger partial charge in [0.2, 0.25) is 0 Å². The van der Waals surface area contributed by atoms with Gasteiger partial charge in [0.25, 0.3) is 0 Å². The molecule has 0 aromatic carbocycles. The number of rotatable bonds is 9. The quantitative estimate of drug-likeness (QED) is 0.506. The van der Waals surface area contributed by atoms with Crippen LogP contribution in [-0.4, -0.2) is 18.1 Å². The van der Waals surface area contributed by atoms with Crippen molar-refractivity contribution < 1.29 is 9.53 Å². The van der Waals surface area contributed by atoms with Crippen LogP contribution in [0, 0.1) is 0 Å². The maximum atomic E-state index is 11.6. The maximum Gasteiger partial charge on any atom is 0.307 e. The molecule has 0 heterocycles. The van der Waals surface area contributed by atoms with Gasteiger partial charge in [-0.3, -0.25) is 4.79 Å². The Balaban J connectivity index is 1.97. The van der Waals surface area contributed by atoms with Gasteiger partial charge in [-0.1, -0.05) is 51.9 Å². The highest BCUT2D eigenvalue weighted by Gasteiger charge is 2.32. The highest BCUT2D eigenvalue weighted by molar-refractivity contribution is 5.70. The van der Waals surface area contributed by atoms with Gasteiger partial charge in [-0.15, -0.1) is 0 Å². The van der Waals surface area contributed by atoms with Crippen molar-refractivity contribution in [3.05, 3.63) is 0 Å². The average Bonchev–Trinajstić information content (AvgIpc) is 2.74. The van der Waals surface area contributed by atoms with Crippen molar-refractivity contribution in [3.63, 3.8) is 0 Å². The molecule has 0 aliphatic heterocycles. The van der Waals surface area contributed by atoms with Gasteiger partial charge in [0.15, 0.2) is 0 Å². The maximum absolute atomic E-state index is 11.6. The summed E-state index contributed by atoms with van der Waals surface area (Å²) in [5.41, 5.74) is 5.88. The standard InChI is InChI=1S/C15H29NO2/c1-2-3-4-5-6-9-12-18-14(17)13-15(16)10-7-8-11-15/h2-13,16H2,1H3. The minimum Gasteiger partial charge on any atom is -0.466 e. The molecular formula is C15H29NO2. The Morgan fingerprint density at radius 2 is 1.72 bits per heavy atom. The number of hydrogen-bond acceptors (Lipinski definition) is 3. The summed E-state index contributed by atoms with van der Waals surface area (Å²) in [6.45, 7) is 2.79. The van der Waals surface area contributed by atoms with E-state index in [-0.39, 0.29) is 11.5 Å². The minimum atomic E-state index is -0.266. The molecule has 0 aromatic rings. The highest BCUT2D eigenvalue weighted by atomic mass is 16.5. The third-order valence-corrected chi connectivity index (χ3v) is 3.86. The van der Waals surface area contributed by atoms with Crippen LogP contribution in [0.5, 0.6) is 0 Å². The zero-order chi connectivity index (χ0) is 13.3. The Morgan fingerprint density at radius 3 is 2.39 bits per heavy atom. The summed E-state index contributed by atoms with van der Waals surface area (Å²) >= 11 is 0. The number of carbonyl (C=O) groups is 1.